The summed E-state index contributed by atoms with van der Waals surface area (Å²) in [6, 6.07) is 0. The van der Waals surface area contributed by atoms with E-state index in [0.717, 1.165) is 77.0 Å². The van der Waals surface area contributed by atoms with E-state index in [-0.39, 0.29) is 19.2 Å². The summed E-state index contributed by atoms with van der Waals surface area (Å²) in [6.45, 7) is 4.44. The fourth-order valence-corrected chi connectivity index (χ4v) is 8.37. The van der Waals surface area contributed by atoms with Gasteiger partial charge in [0, 0.05) is 13.0 Å². The number of esters is 1. The molecule has 1 rings (SSSR count). The van der Waals surface area contributed by atoms with Gasteiger partial charge >= 0.3 is 5.97 Å². The van der Waals surface area contributed by atoms with Crippen molar-refractivity contribution in [3.05, 3.63) is 85.1 Å². The lowest BCUT2D eigenvalue weighted by Gasteiger charge is -2.39. The van der Waals surface area contributed by atoms with Crippen LogP contribution in [0.2, 0.25) is 0 Å². The maximum atomic E-state index is 12.9. The average molecular weight is 984 g/mol. The molecule has 0 spiro atoms. The van der Waals surface area contributed by atoms with E-state index in [1.165, 1.54) is 135 Å². The first kappa shape index (κ1) is 65.4. The standard InChI is InChI=1S/C61H106O9/c1-3-5-7-9-11-13-15-17-19-21-23-25-27-28-29-30-32-34-36-38-40-42-44-46-48-50-57(63)69-55(54-68-61-60(66)59(65)58(64)56(52-62)70-61)53-67-51-49-47-45-43-41-39-37-35-33-31-26-24-22-20-18-16-14-12-10-8-6-4-2/h5,7,11,13,16-19,22-25,28-29,55-56,58-62,64-66H,3-4,6,8-10,12,14-15,20-21,26-27,30-54H2,1-2H3/b7-5-,13-11-,18-16-,19-17-,24-22-,25-23-,29-28-. The van der Waals surface area contributed by atoms with Crippen LogP contribution in [0.25, 0.3) is 0 Å². The van der Waals surface area contributed by atoms with Crippen molar-refractivity contribution in [2.45, 2.75) is 269 Å². The second-order valence-corrected chi connectivity index (χ2v) is 19.4. The Morgan fingerprint density at radius 3 is 1.31 bits per heavy atom. The van der Waals surface area contributed by atoms with Crippen LogP contribution in [0.3, 0.4) is 0 Å². The van der Waals surface area contributed by atoms with Crippen LogP contribution in [0.5, 0.6) is 0 Å². The monoisotopic (exact) mass is 983 g/mol. The topological polar surface area (TPSA) is 135 Å². The van der Waals surface area contributed by atoms with Gasteiger partial charge in [-0.2, -0.15) is 0 Å². The molecule has 4 N–H and O–H groups in total. The number of aliphatic hydroxyl groups is 4. The molecular weight excluding hydrogens is 877 g/mol. The minimum absolute atomic E-state index is 0.121. The number of unbranched alkanes of at least 4 members (excludes halogenated alkanes) is 24. The van der Waals surface area contributed by atoms with Crippen LogP contribution >= 0.6 is 0 Å². The Hall–Kier alpha value is -2.63. The van der Waals surface area contributed by atoms with Crippen LogP contribution in [0.1, 0.15) is 232 Å². The van der Waals surface area contributed by atoms with E-state index in [1.807, 2.05) is 0 Å². The molecule has 1 fully saturated rings. The summed E-state index contributed by atoms with van der Waals surface area (Å²) in [5.74, 6) is -0.322. The van der Waals surface area contributed by atoms with E-state index in [4.69, 9.17) is 18.9 Å². The highest BCUT2D eigenvalue weighted by Crippen LogP contribution is 2.23. The van der Waals surface area contributed by atoms with E-state index < -0.39 is 43.4 Å². The number of carbonyl (C=O) groups excluding carboxylic acids is 1. The maximum absolute atomic E-state index is 12.9. The van der Waals surface area contributed by atoms with E-state index in [0.29, 0.717) is 13.0 Å². The van der Waals surface area contributed by atoms with Crippen molar-refractivity contribution in [2.24, 2.45) is 0 Å². The molecule has 9 heteroatoms. The summed E-state index contributed by atoms with van der Waals surface area (Å²) in [6.07, 6.45) is 63.3. The lowest BCUT2D eigenvalue weighted by atomic mass is 9.99. The van der Waals surface area contributed by atoms with E-state index in [9.17, 15) is 25.2 Å². The summed E-state index contributed by atoms with van der Waals surface area (Å²) in [5.41, 5.74) is 0. The Labute approximate surface area is 429 Å². The third-order valence-corrected chi connectivity index (χ3v) is 12.8. The van der Waals surface area contributed by atoms with Gasteiger partial charge in [0.15, 0.2) is 6.29 Å². The largest absolute Gasteiger partial charge is 0.457 e. The third kappa shape index (κ3) is 40.9. The normalized spacial score (nSPS) is 19.5. The first-order valence-electron chi connectivity index (χ1n) is 28.7. The highest BCUT2D eigenvalue weighted by molar-refractivity contribution is 5.69. The number of hydrogen-bond acceptors (Lipinski definition) is 9. The van der Waals surface area contributed by atoms with Gasteiger partial charge in [-0.3, -0.25) is 4.79 Å². The number of rotatable bonds is 49. The number of aliphatic hydroxyl groups excluding tert-OH is 4. The zero-order chi connectivity index (χ0) is 50.6. The number of ether oxygens (including phenoxy) is 4. The second kappa shape index (κ2) is 51.3. The molecule has 0 aromatic heterocycles. The van der Waals surface area contributed by atoms with Gasteiger partial charge in [0.1, 0.15) is 30.5 Å². The molecule has 0 aliphatic carbocycles. The van der Waals surface area contributed by atoms with Gasteiger partial charge in [0.2, 0.25) is 0 Å². The van der Waals surface area contributed by atoms with E-state index in [2.05, 4.69) is 98.9 Å². The van der Waals surface area contributed by atoms with Crippen molar-refractivity contribution in [2.75, 3.05) is 26.4 Å². The van der Waals surface area contributed by atoms with E-state index in [1.54, 1.807) is 0 Å². The first-order valence-corrected chi connectivity index (χ1v) is 28.7. The predicted octanol–water partition coefficient (Wildman–Crippen LogP) is 14.9. The van der Waals surface area contributed by atoms with Gasteiger partial charge in [-0.25, -0.2) is 0 Å². The van der Waals surface area contributed by atoms with Gasteiger partial charge in [-0.15, -0.1) is 0 Å². The average Bonchev–Trinajstić information content (AvgIpc) is 3.36. The highest BCUT2D eigenvalue weighted by Gasteiger charge is 2.44. The molecule has 0 aromatic rings. The van der Waals surface area contributed by atoms with Crippen LogP contribution in [0.4, 0.5) is 0 Å². The molecule has 0 amide bonds. The minimum atomic E-state index is -1.54. The van der Waals surface area contributed by atoms with Crippen molar-refractivity contribution in [3.63, 3.8) is 0 Å². The van der Waals surface area contributed by atoms with Crippen molar-refractivity contribution in [1.29, 1.82) is 0 Å². The zero-order valence-electron chi connectivity index (χ0n) is 44.7. The summed E-state index contributed by atoms with van der Waals surface area (Å²) in [7, 11) is 0. The molecule has 9 nitrogen and oxygen atoms in total. The molecule has 1 aliphatic rings. The third-order valence-electron chi connectivity index (χ3n) is 12.8. The Balaban J connectivity index is 2.18. The Morgan fingerprint density at radius 2 is 0.871 bits per heavy atom. The number of allylic oxidation sites excluding steroid dienone is 14. The van der Waals surface area contributed by atoms with Crippen LogP contribution < -0.4 is 0 Å². The smallest absolute Gasteiger partial charge is 0.306 e. The molecule has 6 atom stereocenters. The van der Waals surface area contributed by atoms with Crippen molar-refractivity contribution in [1.82, 2.24) is 0 Å². The maximum Gasteiger partial charge on any atom is 0.306 e. The Morgan fingerprint density at radius 1 is 0.471 bits per heavy atom. The summed E-state index contributed by atoms with van der Waals surface area (Å²) < 4.78 is 23.0. The molecule has 0 radical (unpaired) electrons. The molecule has 6 unspecified atom stereocenters. The van der Waals surface area contributed by atoms with Crippen molar-refractivity contribution < 1.29 is 44.2 Å². The summed E-state index contributed by atoms with van der Waals surface area (Å²) in [4.78, 5) is 12.9. The van der Waals surface area contributed by atoms with Crippen LogP contribution in [0, 0.1) is 0 Å². The van der Waals surface area contributed by atoms with Gasteiger partial charge < -0.3 is 39.4 Å². The lowest BCUT2D eigenvalue weighted by Crippen LogP contribution is -2.59. The number of hydrogen-bond donors (Lipinski definition) is 4. The fraction of sp³-hybridized carbons (Fsp3) is 0.754. The van der Waals surface area contributed by atoms with Crippen LogP contribution in [-0.2, 0) is 23.7 Å². The van der Waals surface area contributed by atoms with Gasteiger partial charge in [0.05, 0.1) is 19.8 Å². The van der Waals surface area contributed by atoms with Gasteiger partial charge in [-0.05, 0) is 89.9 Å². The van der Waals surface area contributed by atoms with Crippen molar-refractivity contribution >= 4 is 5.97 Å². The van der Waals surface area contributed by atoms with E-state index >= 15 is 0 Å². The molecule has 1 heterocycles. The predicted molar refractivity (Wildman–Crippen MR) is 293 cm³/mol. The minimum Gasteiger partial charge on any atom is -0.457 e. The molecule has 1 aliphatic heterocycles. The first-order chi connectivity index (χ1) is 34.4. The second-order valence-electron chi connectivity index (χ2n) is 19.4. The Kier molecular flexibility index (Phi) is 47.9. The summed E-state index contributed by atoms with van der Waals surface area (Å²) in [5, 5.41) is 40.4. The van der Waals surface area contributed by atoms with Crippen molar-refractivity contribution in [3.8, 4) is 0 Å². The molecule has 404 valence electrons. The quantitative estimate of drug-likeness (QED) is 0.0267. The summed E-state index contributed by atoms with van der Waals surface area (Å²) >= 11 is 0. The molecule has 70 heavy (non-hydrogen) atoms. The molecule has 0 saturated carbocycles. The molecule has 0 bridgehead atoms. The lowest BCUT2D eigenvalue weighted by molar-refractivity contribution is -0.305. The van der Waals surface area contributed by atoms with Crippen LogP contribution in [-0.4, -0.2) is 89.6 Å². The van der Waals surface area contributed by atoms with Crippen LogP contribution in [0.15, 0.2) is 85.1 Å². The number of carbonyl (C=O) groups is 1. The van der Waals surface area contributed by atoms with Gasteiger partial charge in [0.25, 0.3) is 0 Å². The Bertz CT molecular complexity index is 1350. The zero-order valence-corrected chi connectivity index (χ0v) is 44.7. The highest BCUT2D eigenvalue weighted by atomic mass is 16.7. The van der Waals surface area contributed by atoms with Gasteiger partial charge in [-0.1, -0.05) is 221 Å². The SMILES string of the molecule is CC/C=C\C/C=C\C/C=C\C/C=C\C/C=C\CCCCCCCCCCCC(=O)OC(COCCCCCCCCCCCC/C=C\C/C=C\CCCCCCC)COC1OC(CO)C(O)C(O)C1O. The molecule has 0 aromatic carbocycles. The molecular formula is C61H106O9. The fourth-order valence-electron chi connectivity index (χ4n) is 8.37. The molecule has 1 saturated heterocycles.